The summed E-state index contributed by atoms with van der Waals surface area (Å²) in [6.07, 6.45) is 68.7. The summed E-state index contributed by atoms with van der Waals surface area (Å²) >= 11 is 0. The molecule has 0 spiro atoms. The van der Waals surface area contributed by atoms with Gasteiger partial charge in [0.05, 0.1) is 25.2 Å². The molecule has 67 heavy (non-hydrogen) atoms. The van der Waals surface area contributed by atoms with Gasteiger partial charge >= 0.3 is 5.97 Å². The van der Waals surface area contributed by atoms with Crippen molar-refractivity contribution < 1.29 is 24.5 Å². The van der Waals surface area contributed by atoms with E-state index >= 15 is 0 Å². The van der Waals surface area contributed by atoms with Crippen LogP contribution in [0.25, 0.3) is 0 Å². The highest BCUT2D eigenvalue weighted by Crippen LogP contribution is 2.18. The molecule has 6 nitrogen and oxygen atoms in total. The minimum atomic E-state index is -0.807. The highest BCUT2D eigenvalue weighted by atomic mass is 16.5. The molecule has 3 N–H and O–H groups in total. The number of hydrogen-bond donors (Lipinski definition) is 3. The maximum atomic E-state index is 13.2. The number of carbonyl (C=O) groups excluding carboxylic acids is 2. The predicted octanol–water partition coefficient (Wildman–Crippen LogP) is 18.0. The second kappa shape index (κ2) is 54.5. The third kappa shape index (κ3) is 49.8. The standard InChI is InChI=1S/C61H111NO5/c1-4-7-10-13-16-19-22-25-27-29-30-31-33-36-39-42-45-48-51-54-61(66)67-57(52-49-46-43-40-37-34-24-21-18-15-12-9-6-3)55-60(65)62-58(56-63)59(64)53-50-47-44-41-38-35-32-28-26-23-20-17-14-11-8-5-2/h9,12,15,18,21,24,34,37,40,43,57-59,63-64H,4-8,10-11,13-14,16-17,19-20,22-23,25-33,35-36,38-39,41-42,44-56H2,1-3H3,(H,62,65)/b12-9+,18-15+,24-21-,37-34-,43-40+. The van der Waals surface area contributed by atoms with Crippen LogP contribution in [-0.4, -0.2) is 46.9 Å². The zero-order valence-corrected chi connectivity index (χ0v) is 44.5. The molecule has 0 fully saturated rings. The Kier molecular flexibility index (Phi) is 52.5. The van der Waals surface area contributed by atoms with Gasteiger partial charge in [0.15, 0.2) is 0 Å². The number of unbranched alkanes of at least 4 members (excludes halogenated alkanes) is 34. The van der Waals surface area contributed by atoms with E-state index in [2.05, 4.69) is 38.2 Å². The molecule has 0 aliphatic rings. The van der Waals surface area contributed by atoms with Crippen LogP contribution in [0.2, 0.25) is 0 Å². The molecule has 0 saturated carbocycles. The fourth-order valence-electron chi connectivity index (χ4n) is 8.87. The van der Waals surface area contributed by atoms with E-state index in [-0.39, 0.29) is 24.9 Å². The molecule has 0 rings (SSSR count). The first-order valence-corrected chi connectivity index (χ1v) is 29.1. The maximum absolute atomic E-state index is 13.2. The topological polar surface area (TPSA) is 95.9 Å². The van der Waals surface area contributed by atoms with Crippen molar-refractivity contribution in [3.63, 3.8) is 0 Å². The van der Waals surface area contributed by atoms with Crippen LogP contribution in [0.1, 0.15) is 290 Å². The van der Waals surface area contributed by atoms with Crippen molar-refractivity contribution in [2.24, 2.45) is 0 Å². The van der Waals surface area contributed by atoms with Gasteiger partial charge in [-0.15, -0.1) is 0 Å². The number of nitrogens with one attached hydrogen (secondary N) is 1. The van der Waals surface area contributed by atoms with E-state index in [0.29, 0.717) is 19.3 Å². The molecule has 6 heteroatoms. The Morgan fingerprint density at radius 1 is 0.448 bits per heavy atom. The lowest BCUT2D eigenvalue weighted by Gasteiger charge is -2.24. The van der Waals surface area contributed by atoms with Crippen molar-refractivity contribution in [3.8, 4) is 0 Å². The van der Waals surface area contributed by atoms with Gasteiger partial charge in [0.25, 0.3) is 0 Å². The van der Waals surface area contributed by atoms with Crippen molar-refractivity contribution in [1.82, 2.24) is 5.32 Å². The van der Waals surface area contributed by atoms with E-state index in [1.807, 2.05) is 48.6 Å². The van der Waals surface area contributed by atoms with E-state index in [0.717, 1.165) is 57.8 Å². The molecular formula is C61H111NO5. The number of rotatable bonds is 52. The Morgan fingerprint density at radius 3 is 1.19 bits per heavy atom. The highest BCUT2D eigenvalue weighted by molar-refractivity contribution is 5.77. The van der Waals surface area contributed by atoms with Crippen LogP contribution < -0.4 is 5.32 Å². The number of hydrogen-bond acceptors (Lipinski definition) is 5. The van der Waals surface area contributed by atoms with E-state index in [4.69, 9.17) is 4.74 Å². The predicted molar refractivity (Wildman–Crippen MR) is 292 cm³/mol. The van der Waals surface area contributed by atoms with Crippen molar-refractivity contribution in [3.05, 3.63) is 60.8 Å². The molecule has 390 valence electrons. The van der Waals surface area contributed by atoms with Gasteiger partial charge in [0.1, 0.15) is 6.10 Å². The summed E-state index contributed by atoms with van der Waals surface area (Å²) < 4.78 is 5.92. The Morgan fingerprint density at radius 2 is 0.806 bits per heavy atom. The van der Waals surface area contributed by atoms with Gasteiger partial charge in [0, 0.05) is 6.42 Å². The van der Waals surface area contributed by atoms with E-state index in [9.17, 15) is 19.8 Å². The lowest BCUT2D eigenvalue weighted by molar-refractivity contribution is -0.151. The summed E-state index contributed by atoms with van der Waals surface area (Å²) in [5.41, 5.74) is 0. The molecule has 0 aromatic rings. The SMILES string of the molecule is CC/C=C/C=C/C=C\C=C/C=C/CCCC(CC(=O)NC(CO)C(O)CCCCCCCCCCCCCCCCCC)OC(=O)CCCCCCCCCCCCCCCCCCCCC. The zero-order chi connectivity index (χ0) is 48.8. The fourth-order valence-corrected chi connectivity index (χ4v) is 8.87. The smallest absolute Gasteiger partial charge is 0.306 e. The third-order valence-electron chi connectivity index (χ3n) is 13.2. The lowest BCUT2D eigenvalue weighted by atomic mass is 10.0. The minimum absolute atomic E-state index is 0.0303. The van der Waals surface area contributed by atoms with Crippen LogP contribution in [-0.2, 0) is 14.3 Å². The van der Waals surface area contributed by atoms with Gasteiger partial charge < -0.3 is 20.3 Å². The van der Waals surface area contributed by atoms with Gasteiger partial charge in [-0.1, -0.05) is 300 Å². The second-order valence-corrected chi connectivity index (χ2v) is 19.8. The average molecular weight is 939 g/mol. The third-order valence-corrected chi connectivity index (χ3v) is 13.2. The molecule has 0 bridgehead atoms. The molecule has 0 aromatic heterocycles. The van der Waals surface area contributed by atoms with E-state index in [1.165, 1.54) is 186 Å². The van der Waals surface area contributed by atoms with Crippen molar-refractivity contribution in [2.75, 3.05) is 6.61 Å². The first kappa shape index (κ1) is 64.6. The van der Waals surface area contributed by atoms with Gasteiger partial charge in [-0.2, -0.15) is 0 Å². The van der Waals surface area contributed by atoms with Crippen LogP contribution in [0, 0.1) is 0 Å². The summed E-state index contributed by atoms with van der Waals surface area (Å²) in [6, 6.07) is -0.725. The number of allylic oxidation sites excluding steroid dienone is 10. The first-order valence-electron chi connectivity index (χ1n) is 29.1. The molecule has 3 atom stereocenters. The zero-order valence-electron chi connectivity index (χ0n) is 44.5. The number of aliphatic hydroxyl groups is 2. The molecule has 0 heterocycles. The van der Waals surface area contributed by atoms with Gasteiger partial charge in [-0.25, -0.2) is 0 Å². The van der Waals surface area contributed by atoms with Crippen LogP contribution in [0.3, 0.4) is 0 Å². The molecule has 1 amide bonds. The maximum Gasteiger partial charge on any atom is 0.306 e. The number of ether oxygens (including phenoxy) is 1. The fraction of sp³-hybridized carbons (Fsp3) is 0.803. The van der Waals surface area contributed by atoms with E-state index in [1.54, 1.807) is 0 Å². The quantitative estimate of drug-likeness (QED) is 0.0321. The van der Waals surface area contributed by atoms with Crippen LogP contribution >= 0.6 is 0 Å². The molecule has 3 unspecified atom stereocenters. The van der Waals surface area contributed by atoms with E-state index < -0.39 is 18.2 Å². The van der Waals surface area contributed by atoms with Crippen molar-refractivity contribution in [2.45, 2.75) is 309 Å². The number of carbonyl (C=O) groups is 2. The largest absolute Gasteiger partial charge is 0.462 e. The lowest BCUT2D eigenvalue weighted by Crippen LogP contribution is -2.46. The Hall–Kier alpha value is -2.44. The first-order chi connectivity index (χ1) is 33.0. The molecule has 0 aliphatic heterocycles. The summed E-state index contributed by atoms with van der Waals surface area (Å²) in [6.45, 7) is 6.35. The summed E-state index contributed by atoms with van der Waals surface area (Å²) in [5, 5.41) is 23.8. The summed E-state index contributed by atoms with van der Waals surface area (Å²) in [7, 11) is 0. The monoisotopic (exact) mass is 938 g/mol. The van der Waals surface area contributed by atoms with Gasteiger partial charge in [-0.3, -0.25) is 9.59 Å². The van der Waals surface area contributed by atoms with Crippen LogP contribution in [0.4, 0.5) is 0 Å². The van der Waals surface area contributed by atoms with Gasteiger partial charge in [-0.05, 0) is 38.5 Å². The summed E-state index contributed by atoms with van der Waals surface area (Å²) in [5.74, 6) is -0.535. The van der Waals surface area contributed by atoms with Crippen LogP contribution in [0.5, 0.6) is 0 Å². The molecule has 0 aromatic carbocycles. The average Bonchev–Trinajstić information content (AvgIpc) is 3.32. The van der Waals surface area contributed by atoms with Crippen molar-refractivity contribution in [1.29, 1.82) is 0 Å². The molecule has 0 aliphatic carbocycles. The Bertz CT molecular complexity index is 1190. The summed E-state index contributed by atoms with van der Waals surface area (Å²) in [4.78, 5) is 26.2. The number of amides is 1. The Labute approximate surface area is 416 Å². The minimum Gasteiger partial charge on any atom is -0.462 e. The number of aliphatic hydroxyl groups excluding tert-OH is 2. The second-order valence-electron chi connectivity index (χ2n) is 19.8. The normalized spacial score (nSPS) is 13.6. The Balaban J connectivity index is 4.54. The number of esters is 1. The van der Waals surface area contributed by atoms with Crippen molar-refractivity contribution >= 4 is 11.9 Å². The highest BCUT2D eigenvalue weighted by Gasteiger charge is 2.24. The molecule has 0 radical (unpaired) electrons. The molecular weight excluding hydrogens is 827 g/mol. The molecule has 0 saturated heterocycles. The van der Waals surface area contributed by atoms with Crippen LogP contribution in [0.15, 0.2) is 60.8 Å². The van der Waals surface area contributed by atoms with Gasteiger partial charge in [0.2, 0.25) is 5.91 Å².